The average Bonchev–Trinajstić information content (AvgIpc) is 2.68. The zero-order chi connectivity index (χ0) is 19.9. The fourth-order valence-corrected chi connectivity index (χ4v) is 3.13. The number of benzene rings is 1. The molecule has 1 aromatic heterocycles. The van der Waals surface area contributed by atoms with Gasteiger partial charge in [-0.2, -0.15) is 0 Å². The van der Waals surface area contributed by atoms with Crippen LogP contribution in [0.4, 0.5) is 0 Å². The number of carbonyl (C=O) groups excluding carboxylic acids is 1. The van der Waals surface area contributed by atoms with E-state index in [1.807, 2.05) is 52.0 Å². The molecular weight excluding hydrogens is 324 g/mol. The average molecular weight is 357 g/mol. The molecule has 1 aromatic carbocycles. The van der Waals surface area contributed by atoms with Crippen LogP contribution in [0.5, 0.6) is 0 Å². The van der Waals surface area contributed by atoms with Crippen LogP contribution in [0.15, 0.2) is 24.3 Å². The van der Waals surface area contributed by atoms with Crippen molar-refractivity contribution in [3.05, 3.63) is 58.2 Å². The van der Waals surface area contributed by atoms with Crippen LogP contribution in [0.1, 0.15) is 79.2 Å². The van der Waals surface area contributed by atoms with Crippen molar-refractivity contribution in [1.82, 2.24) is 9.97 Å². The number of aromatic nitrogens is 2. The Morgan fingerprint density at radius 3 is 1.81 bits per heavy atom. The molecule has 4 heteroatoms. The molecule has 2 aromatic rings. The molecule has 0 aliphatic rings. The molecule has 2 rings (SSSR count). The van der Waals surface area contributed by atoms with Gasteiger partial charge in [0.1, 0.15) is 5.82 Å². The van der Waals surface area contributed by atoms with Gasteiger partial charge >= 0.3 is 5.97 Å². The molecule has 0 amide bonds. The van der Waals surface area contributed by atoms with Gasteiger partial charge in [0.15, 0.2) is 0 Å². The van der Waals surface area contributed by atoms with E-state index in [4.69, 9.17) is 14.7 Å². The van der Waals surface area contributed by atoms with Gasteiger partial charge in [-0.15, -0.1) is 0 Å². The van der Waals surface area contributed by atoms with E-state index in [9.17, 15) is 4.79 Å². The molecule has 0 N–H and O–H groups in total. The fraction of sp³-hybridized carbons (Fsp3) is 0.500. The summed E-state index contributed by atoms with van der Waals surface area (Å²) in [5.74, 6) is 0.539. The largest absolute Gasteiger partial charge is 0.465 e. The zero-order valence-electron chi connectivity index (χ0n) is 17.4. The van der Waals surface area contributed by atoms with Crippen molar-refractivity contribution in [2.24, 2.45) is 0 Å². The summed E-state index contributed by atoms with van der Waals surface area (Å²) in [7, 11) is 1.39. The topological polar surface area (TPSA) is 52.1 Å². The van der Waals surface area contributed by atoms with Crippen molar-refractivity contribution in [3.63, 3.8) is 0 Å². The third-order valence-electron chi connectivity index (χ3n) is 5.13. The molecule has 0 bridgehead atoms. The minimum atomic E-state index is -0.321. The standard InChI is InChI=1S/C20H26N2O2.C2H6/c1-7-20(8-2,19-21-14(4)13(3)15(5)22-19)17-11-9-16(10-12-17)18(23)24-6;1-2/h9-12H,7-8H2,1-6H3;1-2H3. The molecule has 0 unspecified atom stereocenters. The Hall–Kier alpha value is -2.23. The maximum atomic E-state index is 11.7. The Balaban J connectivity index is 0.00000163. The number of rotatable bonds is 5. The van der Waals surface area contributed by atoms with E-state index in [1.165, 1.54) is 7.11 Å². The molecule has 0 saturated heterocycles. The maximum Gasteiger partial charge on any atom is 0.337 e. The second-order valence-corrected chi connectivity index (χ2v) is 6.20. The van der Waals surface area contributed by atoms with Crippen LogP contribution in [0.3, 0.4) is 0 Å². The zero-order valence-corrected chi connectivity index (χ0v) is 17.4. The van der Waals surface area contributed by atoms with E-state index in [1.54, 1.807) is 0 Å². The Kier molecular flexibility index (Phi) is 7.94. The highest BCUT2D eigenvalue weighted by molar-refractivity contribution is 5.89. The second kappa shape index (κ2) is 9.46. The van der Waals surface area contributed by atoms with Crippen molar-refractivity contribution in [2.75, 3.05) is 7.11 Å². The predicted molar refractivity (Wildman–Crippen MR) is 107 cm³/mol. The van der Waals surface area contributed by atoms with Crippen LogP contribution < -0.4 is 0 Å². The Morgan fingerprint density at radius 2 is 1.42 bits per heavy atom. The van der Waals surface area contributed by atoms with Crippen molar-refractivity contribution < 1.29 is 9.53 Å². The number of hydrogen-bond acceptors (Lipinski definition) is 4. The third kappa shape index (κ3) is 4.12. The van der Waals surface area contributed by atoms with E-state index < -0.39 is 0 Å². The van der Waals surface area contributed by atoms with Gasteiger partial charge in [0.25, 0.3) is 0 Å². The summed E-state index contributed by atoms with van der Waals surface area (Å²) in [6.45, 7) is 14.4. The number of hydrogen-bond donors (Lipinski definition) is 0. The fourth-order valence-electron chi connectivity index (χ4n) is 3.13. The summed E-state index contributed by atoms with van der Waals surface area (Å²) in [6, 6.07) is 7.62. The smallest absolute Gasteiger partial charge is 0.337 e. The van der Waals surface area contributed by atoms with Gasteiger partial charge in [0, 0.05) is 11.4 Å². The van der Waals surface area contributed by atoms with Crippen LogP contribution in [0.25, 0.3) is 0 Å². The Morgan fingerprint density at radius 1 is 0.962 bits per heavy atom. The van der Waals surface area contributed by atoms with E-state index in [2.05, 4.69) is 20.8 Å². The lowest BCUT2D eigenvalue weighted by molar-refractivity contribution is 0.0600. The molecule has 142 valence electrons. The molecule has 0 aliphatic heterocycles. The first kappa shape index (κ1) is 21.8. The van der Waals surface area contributed by atoms with Crippen molar-refractivity contribution in [3.8, 4) is 0 Å². The van der Waals surface area contributed by atoms with Crippen molar-refractivity contribution >= 4 is 5.97 Å². The maximum absolute atomic E-state index is 11.7. The second-order valence-electron chi connectivity index (χ2n) is 6.20. The lowest BCUT2D eigenvalue weighted by Crippen LogP contribution is -2.29. The molecule has 1 heterocycles. The van der Waals surface area contributed by atoms with Crippen LogP contribution in [-0.2, 0) is 10.2 Å². The molecule has 0 radical (unpaired) electrons. The minimum absolute atomic E-state index is 0.252. The first-order valence-corrected chi connectivity index (χ1v) is 9.40. The molecule has 0 aliphatic carbocycles. The summed E-state index contributed by atoms with van der Waals surface area (Å²) in [5, 5.41) is 0. The number of ether oxygens (including phenoxy) is 1. The van der Waals surface area contributed by atoms with Gasteiger partial charge in [-0.05, 0) is 56.9 Å². The van der Waals surface area contributed by atoms with Gasteiger partial charge in [-0.3, -0.25) is 0 Å². The number of carbonyl (C=O) groups is 1. The Bertz CT molecular complexity index is 709. The molecular formula is C22H32N2O2. The Labute approximate surface area is 158 Å². The lowest BCUT2D eigenvalue weighted by atomic mass is 9.74. The summed E-state index contributed by atoms with van der Waals surface area (Å²) in [6.07, 6.45) is 1.78. The van der Waals surface area contributed by atoms with Gasteiger partial charge in [-0.1, -0.05) is 39.8 Å². The first-order valence-electron chi connectivity index (χ1n) is 9.40. The molecule has 26 heavy (non-hydrogen) atoms. The summed E-state index contributed by atoms with van der Waals surface area (Å²) < 4.78 is 4.78. The van der Waals surface area contributed by atoms with Crippen LogP contribution in [0, 0.1) is 20.8 Å². The predicted octanol–water partition coefficient (Wildman–Crippen LogP) is 5.32. The molecule has 4 nitrogen and oxygen atoms in total. The van der Waals surface area contributed by atoms with E-state index in [0.717, 1.165) is 41.2 Å². The SMILES string of the molecule is CC.CCC(CC)(c1ccc(C(=O)OC)cc1)c1nc(C)c(C)c(C)n1. The van der Waals surface area contributed by atoms with Crippen molar-refractivity contribution in [1.29, 1.82) is 0 Å². The quantitative estimate of drug-likeness (QED) is 0.680. The van der Waals surface area contributed by atoms with Crippen LogP contribution in [0.2, 0.25) is 0 Å². The molecule has 0 fully saturated rings. The van der Waals surface area contributed by atoms with Crippen molar-refractivity contribution in [2.45, 2.75) is 66.7 Å². The number of esters is 1. The molecule has 0 spiro atoms. The van der Waals surface area contributed by atoms with Crippen LogP contribution in [-0.4, -0.2) is 23.0 Å². The van der Waals surface area contributed by atoms with E-state index in [0.29, 0.717) is 5.56 Å². The van der Waals surface area contributed by atoms with Gasteiger partial charge in [-0.25, -0.2) is 14.8 Å². The number of aryl methyl sites for hydroxylation is 2. The van der Waals surface area contributed by atoms with Gasteiger partial charge in [0.2, 0.25) is 0 Å². The summed E-state index contributed by atoms with van der Waals surface area (Å²) >= 11 is 0. The summed E-state index contributed by atoms with van der Waals surface area (Å²) in [4.78, 5) is 21.3. The normalized spacial score (nSPS) is 10.8. The highest BCUT2D eigenvalue weighted by Gasteiger charge is 2.34. The minimum Gasteiger partial charge on any atom is -0.465 e. The highest BCUT2D eigenvalue weighted by Crippen LogP contribution is 2.37. The lowest BCUT2D eigenvalue weighted by Gasteiger charge is -2.31. The van der Waals surface area contributed by atoms with Crippen LogP contribution >= 0.6 is 0 Å². The first-order chi connectivity index (χ1) is 12.4. The van der Waals surface area contributed by atoms with E-state index in [-0.39, 0.29) is 11.4 Å². The molecule has 0 atom stereocenters. The summed E-state index contributed by atoms with van der Waals surface area (Å²) in [5.41, 5.74) is 4.62. The highest BCUT2D eigenvalue weighted by atomic mass is 16.5. The number of methoxy groups -OCH3 is 1. The third-order valence-corrected chi connectivity index (χ3v) is 5.13. The van der Waals surface area contributed by atoms with Gasteiger partial charge < -0.3 is 4.74 Å². The number of nitrogens with zero attached hydrogens (tertiary/aromatic N) is 2. The molecule has 0 saturated carbocycles. The monoisotopic (exact) mass is 356 g/mol. The van der Waals surface area contributed by atoms with E-state index >= 15 is 0 Å². The van der Waals surface area contributed by atoms with Gasteiger partial charge in [0.05, 0.1) is 18.1 Å².